The lowest BCUT2D eigenvalue weighted by molar-refractivity contribution is -0.117. The second-order valence-electron chi connectivity index (χ2n) is 3.39. The second-order valence-corrected chi connectivity index (χ2v) is 3.39. The van der Waals surface area contributed by atoms with Crippen LogP contribution >= 0.6 is 0 Å². The summed E-state index contributed by atoms with van der Waals surface area (Å²) in [5.74, 6) is 0.873. The molecule has 2 aromatic heterocycles. The van der Waals surface area contributed by atoms with Gasteiger partial charge in [0.15, 0.2) is 0 Å². The summed E-state index contributed by atoms with van der Waals surface area (Å²) in [7, 11) is 3.04. The monoisotopic (exact) mass is 236 g/mol. The number of nitrogens with zero attached hydrogens (tertiary/aromatic N) is 3. The van der Waals surface area contributed by atoms with Gasteiger partial charge >= 0.3 is 0 Å². The van der Waals surface area contributed by atoms with Crippen LogP contribution < -0.4 is 15.2 Å². The topological polar surface area (TPSA) is 91.7 Å². The zero-order valence-electron chi connectivity index (χ0n) is 9.51. The minimum atomic E-state index is -0.445. The number of fused-ring (bicyclic) bond motifs is 1. The van der Waals surface area contributed by atoms with E-state index in [1.807, 2.05) is 0 Å². The molecule has 7 heteroatoms. The van der Waals surface area contributed by atoms with Gasteiger partial charge < -0.3 is 15.2 Å². The third-order valence-electron chi connectivity index (χ3n) is 2.21. The van der Waals surface area contributed by atoms with Crippen molar-refractivity contribution in [1.29, 1.82) is 0 Å². The number of carbonyl (C=O) groups is 1. The van der Waals surface area contributed by atoms with Crippen molar-refractivity contribution in [2.24, 2.45) is 5.73 Å². The normalized spacial score (nSPS) is 10.5. The molecule has 1 amide bonds. The maximum absolute atomic E-state index is 10.8. The fraction of sp³-hybridized carbons (Fsp3) is 0.300. The third-order valence-corrected chi connectivity index (χ3v) is 2.21. The van der Waals surface area contributed by atoms with Gasteiger partial charge in [-0.2, -0.15) is 4.98 Å². The molecule has 2 heterocycles. The molecule has 2 N–H and O–H groups in total. The van der Waals surface area contributed by atoms with E-state index in [9.17, 15) is 4.79 Å². The van der Waals surface area contributed by atoms with E-state index >= 15 is 0 Å². The fourth-order valence-electron chi connectivity index (χ4n) is 1.49. The summed E-state index contributed by atoms with van der Waals surface area (Å²) in [6.45, 7) is 0. The van der Waals surface area contributed by atoms with Crippen LogP contribution in [0.1, 0.15) is 5.69 Å². The summed E-state index contributed by atoms with van der Waals surface area (Å²) in [6, 6.07) is 1.63. The molecule has 0 atom stereocenters. The molecule has 17 heavy (non-hydrogen) atoms. The SMILES string of the molecule is COc1cc(OC)n2cc(CC(N)=O)nc2n1. The van der Waals surface area contributed by atoms with Crippen LogP contribution in [0.4, 0.5) is 0 Å². The van der Waals surface area contributed by atoms with E-state index in [4.69, 9.17) is 15.2 Å². The van der Waals surface area contributed by atoms with Gasteiger partial charge in [-0.3, -0.25) is 9.20 Å². The first-order valence-corrected chi connectivity index (χ1v) is 4.89. The molecule has 0 spiro atoms. The highest BCUT2D eigenvalue weighted by Crippen LogP contribution is 2.19. The first-order chi connectivity index (χ1) is 8.13. The van der Waals surface area contributed by atoms with Crippen molar-refractivity contribution in [3.63, 3.8) is 0 Å². The highest BCUT2D eigenvalue weighted by atomic mass is 16.5. The molecule has 0 saturated heterocycles. The summed E-state index contributed by atoms with van der Waals surface area (Å²) in [4.78, 5) is 19.1. The minimum absolute atomic E-state index is 0.0643. The number of amides is 1. The Balaban J connectivity index is 2.54. The maximum Gasteiger partial charge on any atom is 0.240 e. The zero-order valence-corrected chi connectivity index (χ0v) is 9.51. The van der Waals surface area contributed by atoms with Crippen LogP contribution in [-0.4, -0.2) is 34.5 Å². The number of nitrogens with two attached hydrogens (primary N) is 1. The zero-order chi connectivity index (χ0) is 12.4. The summed E-state index contributed by atoms with van der Waals surface area (Å²) in [5, 5.41) is 0. The van der Waals surface area contributed by atoms with Gasteiger partial charge in [-0.05, 0) is 0 Å². The molecule has 0 unspecified atom stereocenters. The molecular formula is C10H12N4O3. The Hall–Kier alpha value is -2.31. The molecule has 0 bridgehead atoms. The van der Waals surface area contributed by atoms with E-state index in [0.717, 1.165) is 0 Å². The van der Waals surface area contributed by atoms with Crippen molar-refractivity contribution in [2.75, 3.05) is 14.2 Å². The van der Waals surface area contributed by atoms with E-state index in [-0.39, 0.29) is 6.42 Å². The number of rotatable bonds is 4. The molecule has 2 rings (SSSR count). The molecule has 7 nitrogen and oxygen atoms in total. The lowest BCUT2D eigenvalue weighted by atomic mass is 10.3. The molecule has 0 saturated carbocycles. The summed E-state index contributed by atoms with van der Waals surface area (Å²) >= 11 is 0. The lowest BCUT2D eigenvalue weighted by Gasteiger charge is -2.04. The van der Waals surface area contributed by atoms with E-state index in [0.29, 0.717) is 23.2 Å². The average molecular weight is 236 g/mol. The Morgan fingerprint density at radius 3 is 2.76 bits per heavy atom. The smallest absolute Gasteiger partial charge is 0.240 e. The molecular weight excluding hydrogens is 224 g/mol. The predicted octanol–water partition coefficient (Wildman–Crippen LogP) is -0.226. The number of primary amides is 1. The Morgan fingerprint density at radius 2 is 2.18 bits per heavy atom. The van der Waals surface area contributed by atoms with Gasteiger partial charge in [0.1, 0.15) is 0 Å². The van der Waals surface area contributed by atoms with Crippen molar-refractivity contribution in [3.05, 3.63) is 18.0 Å². The van der Waals surface area contributed by atoms with Gasteiger partial charge in [0, 0.05) is 6.20 Å². The van der Waals surface area contributed by atoms with Crippen LogP contribution in [-0.2, 0) is 11.2 Å². The standard InChI is InChI=1S/C10H12N4O3/c1-16-8-4-9(17-2)14-5-6(3-7(11)15)12-10(14)13-8/h4-5H,3H2,1-2H3,(H2,11,15). The molecule has 0 aromatic carbocycles. The second kappa shape index (κ2) is 4.28. The van der Waals surface area contributed by atoms with Gasteiger partial charge in [-0.15, -0.1) is 0 Å². The van der Waals surface area contributed by atoms with Gasteiger partial charge in [0.2, 0.25) is 23.4 Å². The highest BCUT2D eigenvalue weighted by Gasteiger charge is 2.11. The number of ether oxygens (including phenoxy) is 2. The van der Waals surface area contributed by atoms with E-state index in [1.165, 1.54) is 14.2 Å². The van der Waals surface area contributed by atoms with Gasteiger partial charge in [-0.25, -0.2) is 4.98 Å². The van der Waals surface area contributed by atoms with Crippen molar-refractivity contribution in [2.45, 2.75) is 6.42 Å². The van der Waals surface area contributed by atoms with Crippen LogP contribution in [0.5, 0.6) is 11.8 Å². The highest BCUT2D eigenvalue weighted by molar-refractivity contribution is 5.76. The first-order valence-electron chi connectivity index (χ1n) is 4.89. The third kappa shape index (κ3) is 2.12. The predicted molar refractivity (Wildman–Crippen MR) is 59.0 cm³/mol. The molecule has 2 aromatic rings. The quantitative estimate of drug-likeness (QED) is 0.792. The van der Waals surface area contributed by atoms with Crippen molar-refractivity contribution in [3.8, 4) is 11.8 Å². The largest absolute Gasteiger partial charge is 0.482 e. The molecule has 0 aliphatic heterocycles. The van der Waals surface area contributed by atoms with E-state index < -0.39 is 5.91 Å². The number of imidazole rings is 1. The molecule has 0 fully saturated rings. The number of methoxy groups -OCH3 is 2. The van der Waals surface area contributed by atoms with E-state index in [1.54, 1.807) is 16.7 Å². The van der Waals surface area contributed by atoms with Crippen molar-refractivity contribution in [1.82, 2.24) is 14.4 Å². The average Bonchev–Trinajstić information content (AvgIpc) is 2.68. The van der Waals surface area contributed by atoms with Crippen molar-refractivity contribution >= 4 is 11.7 Å². The Kier molecular flexibility index (Phi) is 2.82. The summed E-state index contributed by atoms with van der Waals surface area (Å²) in [5.41, 5.74) is 5.65. The molecule has 0 aliphatic carbocycles. The number of hydrogen-bond acceptors (Lipinski definition) is 5. The van der Waals surface area contributed by atoms with Crippen LogP contribution in [0.15, 0.2) is 12.3 Å². The van der Waals surface area contributed by atoms with Gasteiger partial charge in [-0.1, -0.05) is 0 Å². The van der Waals surface area contributed by atoms with Crippen LogP contribution in [0.3, 0.4) is 0 Å². The van der Waals surface area contributed by atoms with Crippen LogP contribution in [0.25, 0.3) is 5.78 Å². The van der Waals surface area contributed by atoms with Crippen LogP contribution in [0, 0.1) is 0 Å². The minimum Gasteiger partial charge on any atom is -0.482 e. The number of carbonyl (C=O) groups excluding carboxylic acids is 1. The van der Waals surface area contributed by atoms with Gasteiger partial charge in [0.05, 0.1) is 32.4 Å². The number of hydrogen-bond donors (Lipinski definition) is 1. The molecule has 0 aliphatic rings. The molecule has 90 valence electrons. The maximum atomic E-state index is 10.8. The fourth-order valence-corrected chi connectivity index (χ4v) is 1.49. The summed E-state index contributed by atoms with van der Waals surface area (Å²) in [6.07, 6.45) is 1.72. The lowest BCUT2D eigenvalue weighted by Crippen LogP contribution is -2.13. The van der Waals surface area contributed by atoms with Crippen molar-refractivity contribution < 1.29 is 14.3 Å². The first kappa shape index (κ1) is 11.2. The van der Waals surface area contributed by atoms with E-state index in [2.05, 4.69) is 9.97 Å². The Labute approximate surface area is 97.2 Å². The summed E-state index contributed by atoms with van der Waals surface area (Å²) < 4.78 is 11.8. The Bertz CT molecular complexity index is 564. The number of aromatic nitrogens is 3. The van der Waals surface area contributed by atoms with Crippen LogP contribution in [0.2, 0.25) is 0 Å². The van der Waals surface area contributed by atoms with Gasteiger partial charge in [0.25, 0.3) is 0 Å². The molecule has 0 radical (unpaired) electrons. The Morgan fingerprint density at radius 1 is 1.41 bits per heavy atom.